The van der Waals surface area contributed by atoms with Crippen molar-refractivity contribution in [3.8, 4) is 0 Å². The zero-order chi connectivity index (χ0) is 12.3. The maximum atomic E-state index is 5.84. The average Bonchev–Trinajstić information content (AvgIpc) is 2.20. The van der Waals surface area contributed by atoms with Crippen LogP contribution in [0.2, 0.25) is 0 Å². The summed E-state index contributed by atoms with van der Waals surface area (Å²) in [6, 6.07) is 4.05. The number of benzene rings is 1. The van der Waals surface area contributed by atoms with Gasteiger partial charge >= 0.3 is 0 Å². The fourth-order valence-electron chi connectivity index (χ4n) is 1.34. The van der Waals surface area contributed by atoms with E-state index in [9.17, 15) is 0 Å². The number of anilines is 2. The summed E-state index contributed by atoms with van der Waals surface area (Å²) in [4.78, 5) is 0. The van der Waals surface area contributed by atoms with E-state index in [0.29, 0.717) is 11.8 Å². The van der Waals surface area contributed by atoms with Gasteiger partial charge in [-0.15, -0.1) is 0 Å². The highest BCUT2D eigenvalue weighted by molar-refractivity contribution is 9.10. The van der Waals surface area contributed by atoms with Crippen LogP contribution in [-0.4, -0.2) is 6.54 Å². The summed E-state index contributed by atoms with van der Waals surface area (Å²) in [5, 5.41) is 3.46. The Bertz CT molecular complexity index is 361. The molecule has 0 saturated heterocycles. The van der Waals surface area contributed by atoms with Crippen molar-refractivity contribution in [2.75, 3.05) is 17.6 Å². The third kappa shape index (κ3) is 3.41. The summed E-state index contributed by atoms with van der Waals surface area (Å²) in [6.45, 7) is 9.76. The van der Waals surface area contributed by atoms with E-state index in [4.69, 9.17) is 5.73 Å². The fraction of sp³-hybridized carbons (Fsp3) is 0.538. The van der Waals surface area contributed by atoms with Crippen LogP contribution in [0.5, 0.6) is 0 Å². The zero-order valence-electron chi connectivity index (χ0n) is 10.5. The lowest BCUT2D eigenvalue weighted by Crippen LogP contribution is -2.16. The summed E-state index contributed by atoms with van der Waals surface area (Å²) < 4.78 is 1.03. The number of hydrogen-bond donors (Lipinski definition) is 2. The molecule has 1 aromatic rings. The van der Waals surface area contributed by atoms with Crippen molar-refractivity contribution in [1.82, 2.24) is 0 Å². The largest absolute Gasteiger partial charge is 0.398 e. The first kappa shape index (κ1) is 13.4. The summed E-state index contributed by atoms with van der Waals surface area (Å²) >= 11 is 3.53. The smallest absolute Gasteiger partial charge is 0.0488 e. The van der Waals surface area contributed by atoms with Crippen molar-refractivity contribution in [3.63, 3.8) is 0 Å². The van der Waals surface area contributed by atoms with Gasteiger partial charge in [-0.25, -0.2) is 0 Å². The zero-order valence-corrected chi connectivity index (χ0v) is 12.1. The predicted octanol–water partition coefficient (Wildman–Crippen LogP) is 4.04. The van der Waals surface area contributed by atoms with Crippen LogP contribution in [0.1, 0.15) is 26.3 Å². The van der Waals surface area contributed by atoms with E-state index in [1.54, 1.807) is 0 Å². The SMILES string of the molecule is Cc1cc(NCC(C)C(C)C)c(Br)cc1N. The van der Waals surface area contributed by atoms with E-state index < -0.39 is 0 Å². The molecule has 0 heterocycles. The molecule has 0 fully saturated rings. The van der Waals surface area contributed by atoms with Crippen molar-refractivity contribution in [2.24, 2.45) is 11.8 Å². The second kappa shape index (κ2) is 5.58. The molecule has 0 saturated carbocycles. The summed E-state index contributed by atoms with van der Waals surface area (Å²) in [5.41, 5.74) is 8.90. The predicted molar refractivity (Wildman–Crippen MR) is 75.8 cm³/mol. The molecule has 0 spiro atoms. The minimum Gasteiger partial charge on any atom is -0.398 e. The Balaban J connectivity index is 2.71. The second-order valence-corrected chi connectivity index (χ2v) is 5.65. The van der Waals surface area contributed by atoms with Gasteiger partial charge in [0.05, 0.1) is 0 Å². The van der Waals surface area contributed by atoms with Gasteiger partial charge in [0.25, 0.3) is 0 Å². The number of aryl methyl sites for hydroxylation is 1. The average molecular weight is 285 g/mol. The van der Waals surface area contributed by atoms with Gasteiger partial charge in [0.2, 0.25) is 0 Å². The Kier molecular flexibility index (Phi) is 4.66. The van der Waals surface area contributed by atoms with E-state index in [-0.39, 0.29) is 0 Å². The molecule has 3 N–H and O–H groups in total. The Morgan fingerprint density at radius 1 is 1.31 bits per heavy atom. The number of halogens is 1. The highest BCUT2D eigenvalue weighted by Gasteiger charge is 2.08. The normalized spacial score (nSPS) is 12.9. The molecule has 16 heavy (non-hydrogen) atoms. The van der Waals surface area contributed by atoms with E-state index in [1.165, 1.54) is 0 Å². The molecule has 0 aromatic heterocycles. The number of nitrogens with one attached hydrogen (secondary N) is 1. The first-order chi connectivity index (χ1) is 7.41. The van der Waals surface area contributed by atoms with E-state index >= 15 is 0 Å². The van der Waals surface area contributed by atoms with Crippen molar-refractivity contribution < 1.29 is 0 Å². The van der Waals surface area contributed by atoms with Crippen molar-refractivity contribution in [2.45, 2.75) is 27.7 Å². The molecule has 90 valence electrons. The summed E-state index contributed by atoms with van der Waals surface area (Å²) in [6.07, 6.45) is 0. The minimum atomic E-state index is 0.657. The molecular formula is C13H21BrN2. The Morgan fingerprint density at radius 2 is 1.94 bits per heavy atom. The van der Waals surface area contributed by atoms with Gasteiger partial charge in [-0.1, -0.05) is 20.8 Å². The Labute approximate surface area is 107 Å². The minimum absolute atomic E-state index is 0.657. The molecule has 0 bridgehead atoms. The maximum absolute atomic E-state index is 5.84. The number of nitrogens with two attached hydrogens (primary N) is 1. The maximum Gasteiger partial charge on any atom is 0.0488 e. The lowest BCUT2D eigenvalue weighted by Gasteiger charge is -2.18. The Hall–Kier alpha value is -0.700. The molecule has 0 aliphatic rings. The van der Waals surface area contributed by atoms with Crippen LogP contribution >= 0.6 is 15.9 Å². The summed E-state index contributed by atoms with van der Waals surface area (Å²) in [7, 11) is 0. The monoisotopic (exact) mass is 284 g/mol. The first-order valence-corrected chi connectivity index (χ1v) is 6.50. The highest BCUT2D eigenvalue weighted by atomic mass is 79.9. The third-order valence-corrected chi connectivity index (χ3v) is 3.76. The number of nitrogen functional groups attached to an aromatic ring is 1. The number of rotatable bonds is 4. The Morgan fingerprint density at radius 3 is 2.50 bits per heavy atom. The summed E-state index contributed by atoms with van der Waals surface area (Å²) in [5.74, 6) is 1.35. The van der Waals surface area contributed by atoms with Gasteiger partial charge in [-0.05, 0) is 52.4 Å². The molecule has 0 aliphatic heterocycles. The van der Waals surface area contributed by atoms with Gasteiger partial charge in [0, 0.05) is 22.4 Å². The van der Waals surface area contributed by atoms with Crippen LogP contribution < -0.4 is 11.1 Å². The van der Waals surface area contributed by atoms with Crippen LogP contribution in [0, 0.1) is 18.8 Å². The van der Waals surface area contributed by atoms with Gasteiger partial charge in [-0.2, -0.15) is 0 Å². The van der Waals surface area contributed by atoms with Crippen LogP contribution in [0.25, 0.3) is 0 Å². The fourth-order valence-corrected chi connectivity index (χ4v) is 1.84. The van der Waals surface area contributed by atoms with Crippen molar-refractivity contribution >= 4 is 27.3 Å². The molecular weight excluding hydrogens is 264 g/mol. The standard InChI is InChI=1S/C13H21BrN2/c1-8(2)10(4)7-16-13-5-9(3)12(15)6-11(13)14/h5-6,8,10,16H,7,15H2,1-4H3. The molecule has 0 amide bonds. The molecule has 0 aliphatic carbocycles. The van der Waals surface area contributed by atoms with E-state index in [2.05, 4.69) is 48.1 Å². The lowest BCUT2D eigenvalue weighted by atomic mass is 9.98. The van der Waals surface area contributed by atoms with Gasteiger partial charge in [0.1, 0.15) is 0 Å². The van der Waals surface area contributed by atoms with Crippen molar-refractivity contribution in [3.05, 3.63) is 22.2 Å². The van der Waals surface area contributed by atoms with Crippen LogP contribution in [0.4, 0.5) is 11.4 Å². The van der Waals surface area contributed by atoms with Crippen LogP contribution in [0.3, 0.4) is 0 Å². The molecule has 1 atom stereocenters. The molecule has 2 nitrogen and oxygen atoms in total. The molecule has 0 radical (unpaired) electrons. The quantitative estimate of drug-likeness (QED) is 0.819. The highest BCUT2D eigenvalue weighted by Crippen LogP contribution is 2.28. The third-order valence-electron chi connectivity index (χ3n) is 3.11. The molecule has 1 rings (SSSR count). The molecule has 1 unspecified atom stereocenters. The molecule has 1 aromatic carbocycles. The second-order valence-electron chi connectivity index (χ2n) is 4.79. The number of hydrogen-bond acceptors (Lipinski definition) is 2. The topological polar surface area (TPSA) is 38.0 Å². The van der Waals surface area contributed by atoms with Gasteiger partial charge < -0.3 is 11.1 Å². The van der Waals surface area contributed by atoms with E-state index in [0.717, 1.165) is 28.0 Å². The first-order valence-electron chi connectivity index (χ1n) is 5.71. The van der Waals surface area contributed by atoms with E-state index in [1.807, 2.05) is 13.0 Å². The molecule has 3 heteroatoms. The van der Waals surface area contributed by atoms with Crippen LogP contribution in [-0.2, 0) is 0 Å². The van der Waals surface area contributed by atoms with Gasteiger partial charge in [0.15, 0.2) is 0 Å². The van der Waals surface area contributed by atoms with Gasteiger partial charge in [-0.3, -0.25) is 0 Å². The van der Waals surface area contributed by atoms with Crippen LogP contribution in [0.15, 0.2) is 16.6 Å². The lowest BCUT2D eigenvalue weighted by molar-refractivity contribution is 0.439. The van der Waals surface area contributed by atoms with Crippen molar-refractivity contribution in [1.29, 1.82) is 0 Å².